The fourth-order valence-electron chi connectivity index (χ4n) is 3.72. The number of tetrazole rings is 1. The van der Waals surface area contributed by atoms with Crippen molar-refractivity contribution in [2.24, 2.45) is 0 Å². The highest BCUT2D eigenvalue weighted by atomic mass is 19.1. The number of hydrogen-bond donors (Lipinski definition) is 0. The molecule has 0 spiro atoms. The minimum atomic E-state index is -0.219. The SMILES string of the molecule is CCN(CC)[C@H](c1ccc(F)cc1)c1nnnn1C1CCCCC1. The lowest BCUT2D eigenvalue weighted by Crippen LogP contribution is -2.32. The molecule has 1 aromatic heterocycles. The second-order valence-corrected chi connectivity index (χ2v) is 6.45. The summed E-state index contributed by atoms with van der Waals surface area (Å²) in [5.74, 6) is 0.654. The molecule has 1 aromatic carbocycles. The van der Waals surface area contributed by atoms with E-state index in [1.54, 1.807) is 0 Å². The highest BCUT2D eigenvalue weighted by Crippen LogP contribution is 2.33. The van der Waals surface area contributed by atoms with Gasteiger partial charge in [0.2, 0.25) is 0 Å². The van der Waals surface area contributed by atoms with Gasteiger partial charge < -0.3 is 0 Å². The van der Waals surface area contributed by atoms with Crippen LogP contribution in [0.25, 0.3) is 0 Å². The van der Waals surface area contributed by atoms with E-state index < -0.39 is 0 Å². The third-order valence-corrected chi connectivity index (χ3v) is 5.05. The molecule has 1 aliphatic rings. The minimum absolute atomic E-state index is 0.0440. The van der Waals surface area contributed by atoms with Crippen LogP contribution in [0.15, 0.2) is 24.3 Å². The Bertz CT molecular complexity index is 629. The van der Waals surface area contributed by atoms with Gasteiger partial charge in [0.05, 0.1) is 12.1 Å². The van der Waals surface area contributed by atoms with E-state index in [0.29, 0.717) is 6.04 Å². The largest absolute Gasteiger partial charge is 0.290 e. The number of hydrogen-bond acceptors (Lipinski definition) is 4. The molecule has 0 N–H and O–H groups in total. The molecule has 1 heterocycles. The van der Waals surface area contributed by atoms with Crippen molar-refractivity contribution in [2.45, 2.75) is 58.0 Å². The number of halogens is 1. The van der Waals surface area contributed by atoms with Crippen LogP contribution in [0.4, 0.5) is 4.39 Å². The summed E-state index contributed by atoms with van der Waals surface area (Å²) < 4.78 is 15.4. The zero-order valence-electron chi connectivity index (χ0n) is 14.5. The van der Waals surface area contributed by atoms with Crippen molar-refractivity contribution in [3.63, 3.8) is 0 Å². The molecular formula is C18H26FN5. The van der Waals surface area contributed by atoms with Crippen LogP contribution in [0.3, 0.4) is 0 Å². The van der Waals surface area contributed by atoms with Crippen LogP contribution >= 0.6 is 0 Å². The molecule has 5 nitrogen and oxygen atoms in total. The van der Waals surface area contributed by atoms with Crippen LogP contribution in [0, 0.1) is 5.82 Å². The molecule has 0 saturated heterocycles. The fourth-order valence-corrected chi connectivity index (χ4v) is 3.72. The highest BCUT2D eigenvalue weighted by Gasteiger charge is 2.29. The zero-order chi connectivity index (χ0) is 16.9. The molecule has 1 aliphatic carbocycles. The van der Waals surface area contributed by atoms with Gasteiger partial charge in [-0.15, -0.1) is 5.10 Å². The second-order valence-electron chi connectivity index (χ2n) is 6.45. The first-order chi connectivity index (χ1) is 11.7. The van der Waals surface area contributed by atoms with Crippen molar-refractivity contribution in [1.82, 2.24) is 25.1 Å². The van der Waals surface area contributed by atoms with Gasteiger partial charge in [-0.3, -0.25) is 4.90 Å². The minimum Gasteiger partial charge on any atom is -0.290 e. The summed E-state index contributed by atoms with van der Waals surface area (Å²) in [4.78, 5) is 2.32. The average molecular weight is 331 g/mol. The average Bonchev–Trinajstić information content (AvgIpc) is 3.10. The van der Waals surface area contributed by atoms with E-state index in [0.717, 1.165) is 37.3 Å². The molecule has 1 saturated carbocycles. The molecule has 0 radical (unpaired) electrons. The maximum Gasteiger partial charge on any atom is 0.173 e. The molecule has 0 bridgehead atoms. The summed E-state index contributed by atoms with van der Waals surface area (Å²) in [6, 6.07) is 7.05. The number of rotatable bonds is 6. The van der Waals surface area contributed by atoms with Gasteiger partial charge in [-0.25, -0.2) is 9.07 Å². The van der Waals surface area contributed by atoms with Crippen LogP contribution in [0.2, 0.25) is 0 Å². The molecule has 130 valence electrons. The Balaban J connectivity index is 1.99. The van der Waals surface area contributed by atoms with Crippen LogP contribution in [-0.4, -0.2) is 38.2 Å². The van der Waals surface area contributed by atoms with Crippen molar-refractivity contribution in [2.75, 3.05) is 13.1 Å². The van der Waals surface area contributed by atoms with E-state index in [-0.39, 0.29) is 11.9 Å². The maximum atomic E-state index is 13.4. The quantitative estimate of drug-likeness (QED) is 0.809. The molecule has 0 amide bonds. The Kier molecular flexibility index (Phi) is 5.56. The molecule has 1 fully saturated rings. The predicted octanol–water partition coefficient (Wildman–Crippen LogP) is 3.75. The van der Waals surface area contributed by atoms with Crippen LogP contribution in [0.1, 0.15) is 69.4 Å². The molecule has 3 rings (SSSR count). The first kappa shape index (κ1) is 17.0. The summed E-state index contributed by atoms with van der Waals surface area (Å²) in [6.45, 7) is 6.04. The third kappa shape index (κ3) is 3.48. The van der Waals surface area contributed by atoms with E-state index in [2.05, 4.69) is 34.3 Å². The number of benzene rings is 1. The molecule has 0 aliphatic heterocycles. The zero-order valence-corrected chi connectivity index (χ0v) is 14.5. The lowest BCUT2D eigenvalue weighted by Gasteiger charge is -2.31. The fraction of sp³-hybridized carbons (Fsp3) is 0.611. The number of aromatic nitrogens is 4. The summed E-state index contributed by atoms with van der Waals surface area (Å²) in [5.41, 5.74) is 1.03. The third-order valence-electron chi connectivity index (χ3n) is 5.05. The van der Waals surface area contributed by atoms with E-state index >= 15 is 0 Å². The highest BCUT2D eigenvalue weighted by molar-refractivity contribution is 5.25. The van der Waals surface area contributed by atoms with Crippen LogP contribution in [-0.2, 0) is 0 Å². The first-order valence-corrected chi connectivity index (χ1v) is 9.01. The maximum absolute atomic E-state index is 13.4. The standard InChI is InChI=1S/C18H26FN5/c1-3-23(4-2)17(14-10-12-15(19)13-11-14)18-20-21-22-24(18)16-8-6-5-7-9-16/h10-13,16-17H,3-9H2,1-2H3/t17-/m1/s1. The summed E-state index contributed by atoms with van der Waals surface area (Å²) in [5, 5.41) is 12.7. The van der Waals surface area contributed by atoms with Gasteiger partial charge >= 0.3 is 0 Å². The topological polar surface area (TPSA) is 46.8 Å². The van der Waals surface area contributed by atoms with Crippen molar-refractivity contribution in [3.05, 3.63) is 41.5 Å². The van der Waals surface area contributed by atoms with Gasteiger partial charge in [0.15, 0.2) is 5.82 Å². The smallest absolute Gasteiger partial charge is 0.173 e. The molecule has 0 unspecified atom stereocenters. The Morgan fingerprint density at radius 2 is 1.79 bits per heavy atom. The summed E-state index contributed by atoms with van der Waals surface area (Å²) in [6.07, 6.45) is 6.02. The van der Waals surface area contributed by atoms with Gasteiger partial charge in [-0.1, -0.05) is 45.2 Å². The van der Waals surface area contributed by atoms with Crippen molar-refractivity contribution in [1.29, 1.82) is 0 Å². The molecule has 2 aromatic rings. The Labute approximate surface area is 142 Å². The van der Waals surface area contributed by atoms with E-state index in [1.807, 2.05) is 16.8 Å². The second kappa shape index (κ2) is 7.83. The molecule has 6 heteroatoms. The monoisotopic (exact) mass is 331 g/mol. The summed E-state index contributed by atoms with van der Waals surface area (Å²) in [7, 11) is 0. The predicted molar refractivity (Wildman–Crippen MR) is 91.1 cm³/mol. The van der Waals surface area contributed by atoms with E-state index in [4.69, 9.17) is 0 Å². The molecule has 1 atom stereocenters. The Hall–Kier alpha value is -1.82. The van der Waals surface area contributed by atoms with Gasteiger partial charge in [-0.2, -0.15) is 0 Å². The van der Waals surface area contributed by atoms with Gasteiger partial charge in [0.1, 0.15) is 5.82 Å². The van der Waals surface area contributed by atoms with E-state index in [9.17, 15) is 4.39 Å². The normalized spacial score (nSPS) is 17.3. The van der Waals surface area contributed by atoms with Crippen molar-refractivity contribution in [3.8, 4) is 0 Å². The molecule has 24 heavy (non-hydrogen) atoms. The van der Waals surface area contributed by atoms with Gasteiger partial charge in [-0.05, 0) is 54.1 Å². The Morgan fingerprint density at radius 3 is 2.42 bits per heavy atom. The van der Waals surface area contributed by atoms with Crippen molar-refractivity contribution < 1.29 is 4.39 Å². The first-order valence-electron chi connectivity index (χ1n) is 9.01. The molecular weight excluding hydrogens is 305 g/mol. The summed E-state index contributed by atoms with van der Waals surface area (Å²) >= 11 is 0. The lowest BCUT2D eigenvalue weighted by atomic mass is 9.95. The van der Waals surface area contributed by atoms with Crippen molar-refractivity contribution >= 4 is 0 Å². The Morgan fingerprint density at radius 1 is 1.12 bits per heavy atom. The van der Waals surface area contributed by atoms with Crippen LogP contribution in [0.5, 0.6) is 0 Å². The van der Waals surface area contributed by atoms with Gasteiger partial charge in [0, 0.05) is 0 Å². The number of nitrogens with zero attached hydrogens (tertiary/aromatic N) is 5. The van der Waals surface area contributed by atoms with Gasteiger partial charge in [0.25, 0.3) is 0 Å². The van der Waals surface area contributed by atoms with E-state index in [1.165, 1.54) is 31.4 Å². The van der Waals surface area contributed by atoms with Crippen LogP contribution < -0.4 is 0 Å². The lowest BCUT2D eigenvalue weighted by molar-refractivity contribution is 0.223.